The molecule has 2 aromatic rings. The maximum Gasteiger partial charge on any atom is 0.231 e. The monoisotopic (exact) mass is 302 g/mol. The highest BCUT2D eigenvalue weighted by molar-refractivity contribution is 5.45. The fraction of sp³-hybridized carbons (Fsp3) is 0.143. The first-order chi connectivity index (χ1) is 9.99. The van der Waals surface area contributed by atoms with Gasteiger partial charge in [0.2, 0.25) is 12.6 Å². The van der Waals surface area contributed by atoms with E-state index in [1.807, 2.05) is 0 Å². The molecule has 0 aliphatic carbocycles. The van der Waals surface area contributed by atoms with E-state index in [0.29, 0.717) is 17.1 Å². The van der Waals surface area contributed by atoms with Crippen LogP contribution in [0.2, 0.25) is 0 Å². The van der Waals surface area contributed by atoms with E-state index >= 15 is 0 Å². The largest absolute Gasteiger partial charge is 0.454 e. The lowest BCUT2D eigenvalue weighted by atomic mass is 10.0. The fourth-order valence-electron chi connectivity index (χ4n) is 2.06. The Bertz CT molecular complexity index is 701. The molecule has 0 radical (unpaired) electrons. The van der Waals surface area contributed by atoms with Gasteiger partial charge < -0.3 is 9.47 Å². The second-order valence-corrected chi connectivity index (χ2v) is 4.41. The number of halogens is 5. The van der Waals surface area contributed by atoms with E-state index in [2.05, 4.69) is 0 Å². The van der Waals surface area contributed by atoms with Crippen LogP contribution < -0.4 is 9.47 Å². The van der Waals surface area contributed by atoms with Crippen LogP contribution in [0.3, 0.4) is 0 Å². The van der Waals surface area contributed by atoms with Gasteiger partial charge in [0.1, 0.15) is 0 Å². The van der Waals surface area contributed by atoms with Crippen molar-refractivity contribution in [2.75, 3.05) is 6.79 Å². The number of benzene rings is 2. The van der Waals surface area contributed by atoms with Crippen LogP contribution >= 0.6 is 0 Å². The van der Waals surface area contributed by atoms with Gasteiger partial charge in [-0.15, -0.1) is 0 Å². The van der Waals surface area contributed by atoms with Crippen molar-refractivity contribution in [2.45, 2.75) is 6.42 Å². The normalized spacial score (nSPS) is 12.8. The van der Waals surface area contributed by atoms with Crippen LogP contribution in [-0.2, 0) is 6.42 Å². The van der Waals surface area contributed by atoms with Crippen molar-refractivity contribution < 1.29 is 31.4 Å². The quantitative estimate of drug-likeness (QED) is 0.478. The van der Waals surface area contributed by atoms with Crippen molar-refractivity contribution in [2.24, 2.45) is 0 Å². The zero-order valence-electron chi connectivity index (χ0n) is 10.4. The Balaban J connectivity index is 2.02. The van der Waals surface area contributed by atoms with Crippen LogP contribution in [-0.4, -0.2) is 6.79 Å². The Morgan fingerprint density at radius 2 is 1.33 bits per heavy atom. The number of rotatable bonds is 2. The summed E-state index contributed by atoms with van der Waals surface area (Å²) < 4.78 is 76.5. The second kappa shape index (κ2) is 4.91. The molecule has 0 saturated carbocycles. The number of hydrogen-bond acceptors (Lipinski definition) is 2. The highest BCUT2D eigenvalue weighted by Crippen LogP contribution is 2.34. The Kier molecular flexibility index (Phi) is 3.19. The third kappa shape index (κ3) is 2.18. The minimum atomic E-state index is -2.17. The third-order valence-corrected chi connectivity index (χ3v) is 3.12. The summed E-state index contributed by atoms with van der Waals surface area (Å²) in [4.78, 5) is 0. The van der Waals surface area contributed by atoms with Gasteiger partial charge >= 0.3 is 0 Å². The fourth-order valence-corrected chi connectivity index (χ4v) is 2.06. The molecule has 3 rings (SSSR count). The summed E-state index contributed by atoms with van der Waals surface area (Å²) in [6, 6.07) is 4.40. The molecule has 2 nitrogen and oxygen atoms in total. The van der Waals surface area contributed by atoms with E-state index in [9.17, 15) is 22.0 Å². The van der Waals surface area contributed by atoms with Crippen molar-refractivity contribution in [1.29, 1.82) is 0 Å². The molecule has 1 aliphatic rings. The molecule has 0 saturated heterocycles. The Morgan fingerprint density at radius 3 is 2.00 bits per heavy atom. The molecule has 0 amide bonds. The molecule has 0 unspecified atom stereocenters. The van der Waals surface area contributed by atoms with Gasteiger partial charge in [0.25, 0.3) is 0 Å². The van der Waals surface area contributed by atoms with Crippen LogP contribution in [0.25, 0.3) is 0 Å². The van der Waals surface area contributed by atoms with Gasteiger partial charge in [0, 0.05) is 12.0 Å². The molecular weight excluding hydrogens is 295 g/mol. The molecule has 21 heavy (non-hydrogen) atoms. The summed E-state index contributed by atoms with van der Waals surface area (Å²) in [5.41, 5.74) is -0.548. The van der Waals surface area contributed by atoms with Gasteiger partial charge in [-0.25, -0.2) is 22.0 Å². The molecule has 0 spiro atoms. The van der Waals surface area contributed by atoms with Crippen LogP contribution in [0, 0.1) is 29.1 Å². The van der Waals surface area contributed by atoms with Gasteiger partial charge in [0.15, 0.2) is 34.8 Å². The Hall–Kier alpha value is -2.31. The molecule has 0 N–H and O–H groups in total. The van der Waals surface area contributed by atoms with Crippen molar-refractivity contribution in [3.8, 4) is 11.5 Å². The average molecular weight is 302 g/mol. The van der Waals surface area contributed by atoms with Crippen molar-refractivity contribution in [1.82, 2.24) is 0 Å². The van der Waals surface area contributed by atoms with E-state index in [0.717, 1.165) is 0 Å². The molecule has 1 aliphatic heterocycles. The molecule has 0 fully saturated rings. The predicted molar refractivity (Wildman–Crippen MR) is 61.6 cm³/mol. The van der Waals surface area contributed by atoms with Crippen molar-refractivity contribution in [3.05, 3.63) is 58.4 Å². The highest BCUT2D eigenvalue weighted by Gasteiger charge is 2.26. The zero-order chi connectivity index (χ0) is 15.1. The van der Waals surface area contributed by atoms with Gasteiger partial charge in [-0.05, 0) is 17.7 Å². The van der Waals surface area contributed by atoms with Gasteiger partial charge in [-0.1, -0.05) is 6.07 Å². The van der Waals surface area contributed by atoms with E-state index < -0.39 is 41.1 Å². The Morgan fingerprint density at radius 1 is 0.762 bits per heavy atom. The molecule has 7 heteroatoms. The summed E-state index contributed by atoms with van der Waals surface area (Å²) in [5, 5.41) is 0. The first kappa shape index (κ1) is 13.7. The second-order valence-electron chi connectivity index (χ2n) is 4.41. The lowest BCUT2D eigenvalue weighted by molar-refractivity contribution is 0.174. The first-order valence-electron chi connectivity index (χ1n) is 5.88. The highest BCUT2D eigenvalue weighted by atomic mass is 19.2. The molecule has 0 bridgehead atoms. The summed E-state index contributed by atoms with van der Waals surface area (Å²) in [6.45, 7) is 0.0152. The number of fused-ring (bicyclic) bond motifs is 1. The number of ether oxygens (including phenoxy) is 2. The molecule has 110 valence electrons. The van der Waals surface area contributed by atoms with Crippen LogP contribution in [0.1, 0.15) is 11.1 Å². The van der Waals surface area contributed by atoms with Crippen LogP contribution in [0.4, 0.5) is 22.0 Å². The van der Waals surface area contributed by atoms with E-state index in [1.54, 1.807) is 0 Å². The zero-order valence-corrected chi connectivity index (χ0v) is 10.4. The van der Waals surface area contributed by atoms with E-state index in [-0.39, 0.29) is 6.79 Å². The van der Waals surface area contributed by atoms with Gasteiger partial charge in [-0.3, -0.25) is 0 Å². The maximum atomic E-state index is 13.6. The van der Waals surface area contributed by atoms with Crippen LogP contribution in [0.5, 0.6) is 11.5 Å². The molecule has 0 atom stereocenters. The summed E-state index contributed by atoms with van der Waals surface area (Å²) in [6.07, 6.45) is -0.456. The molecule has 2 aromatic carbocycles. The summed E-state index contributed by atoms with van der Waals surface area (Å²) >= 11 is 0. The topological polar surface area (TPSA) is 18.5 Å². The van der Waals surface area contributed by atoms with Crippen molar-refractivity contribution >= 4 is 0 Å². The lowest BCUT2D eigenvalue weighted by Gasteiger charge is -2.08. The van der Waals surface area contributed by atoms with Crippen molar-refractivity contribution in [3.63, 3.8) is 0 Å². The third-order valence-electron chi connectivity index (χ3n) is 3.12. The average Bonchev–Trinajstić information content (AvgIpc) is 2.95. The molecule has 1 heterocycles. The summed E-state index contributed by atoms with van der Waals surface area (Å²) in [5.74, 6) is -8.92. The molecule has 0 aromatic heterocycles. The minimum absolute atomic E-state index is 0.0152. The smallest absolute Gasteiger partial charge is 0.231 e. The SMILES string of the molecule is Fc1c(F)c(F)c(Cc2ccc3c(c2)OCO3)c(F)c1F. The van der Waals surface area contributed by atoms with E-state index in [1.165, 1.54) is 18.2 Å². The Labute approximate surface area is 115 Å². The van der Waals surface area contributed by atoms with Gasteiger partial charge in [0.05, 0.1) is 0 Å². The maximum absolute atomic E-state index is 13.6. The molecular formula is C14H7F5O2. The van der Waals surface area contributed by atoms with Crippen LogP contribution in [0.15, 0.2) is 18.2 Å². The lowest BCUT2D eigenvalue weighted by Crippen LogP contribution is -2.07. The minimum Gasteiger partial charge on any atom is -0.454 e. The van der Waals surface area contributed by atoms with E-state index in [4.69, 9.17) is 9.47 Å². The first-order valence-corrected chi connectivity index (χ1v) is 5.88. The van der Waals surface area contributed by atoms with Gasteiger partial charge in [-0.2, -0.15) is 0 Å². The summed E-state index contributed by atoms with van der Waals surface area (Å²) in [7, 11) is 0. The number of hydrogen-bond donors (Lipinski definition) is 0. The predicted octanol–water partition coefficient (Wildman–Crippen LogP) is 3.70. The standard InChI is InChI=1S/C14H7F5O2/c15-10-7(11(16)13(18)14(19)12(10)17)3-6-1-2-8-9(4-6)21-5-20-8/h1-2,4H,3,5H2.